The predicted octanol–water partition coefficient (Wildman–Crippen LogP) is 0.491. The number of amides is 4. The van der Waals surface area contributed by atoms with E-state index in [9.17, 15) is 18.8 Å². The molecule has 1 aliphatic rings. The summed E-state index contributed by atoms with van der Waals surface area (Å²) in [7, 11) is 0. The number of imide groups is 1. The van der Waals surface area contributed by atoms with E-state index in [1.54, 1.807) is 12.1 Å². The average molecular weight is 336 g/mol. The van der Waals surface area contributed by atoms with Crippen LogP contribution >= 0.6 is 0 Å². The van der Waals surface area contributed by atoms with Gasteiger partial charge < -0.3 is 11.1 Å². The highest BCUT2D eigenvalue weighted by molar-refractivity contribution is 5.93. The number of nitrogens with two attached hydrogens (primary N) is 1. The number of likely N-dealkylation sites (tertiary alicyclic amines) is 1. The summed E-state index contributed by atoms with van der Waals surface area (Å²) in [6.45, 7) is 1.50. The molecule has 0 aliphatic carbocycles. The SMILES string of the molecule is NC(=O)NC(=O)CCNC(=O)[C@@H]1CCCN1Cc1ccc(F)cc1. The van der Waals surface area contributed by atoms with Crippen molar-refractivity contribution in [1.29, 1.82) is 0 Å². The van der Waals surface area contributed by atoms with Gasteiger partial charge in [0.15, 0.2) is 0 Å². The lowest BCUT2D eigenvalue weighted by Gasteiger charge is -2.23. The third kappa shape index (κ3) is 5.31. The molecular formula is C16H21FN4O3. The van der Waals surface area contributed by atoms with E-state index < -0.39 is 11.9 Å². The van der Waals surface area contributed by atoms with Crippen molar-refractivity contribution in [2.75, 3.05) is 13.1 Å². The van der Waals surface area contributed by atoms with Crippen LogP contribution in [0.25, 0.3) is 0 Å². The number of halogens is 1. The van der Waals surface area contributed by atoms with Gasteiger partial charge in [0, 0.05) is 19.5 Å². The molecule has 0 saturated carbocycles. The second kappa shape index (κ2) is 8.39. The normalized spacial score (nSPS) is 17.5. The molecule has 1 fully saturated rings. The smallest absolute Gasteiger partial charge is 0.318 e. The van der Waals surface area contributed by atoms with Crippen molar-refractivity contribution in [3.63, 3.8) is 0 Å². The summed E-state index contributed by atoms with van der Waals surface area (Å²) in [6, 6.07) is 5.03. The van der Waals surface area contributed by atoms with Crippen LogP contribution in [0, 0.1) is 5.82 Å². The summed E-state index contributed by atoms with van der Waals surface area (Å²) in [5.41, 5.74) is 5.78. The van der Waals surface area contributed by atoms with Gasteiger partial charge in [-0.15, -0.1) is 0 Å². The quantitative estimate of drug-likeness (QED) is 0.703. The first-order valence-corrected chi connectivity index (χ1v) is 7.81. The van der Waals surface area contributed by atoms with E-state index in [1.165, 1.54) is 12.1 Å². The van der Waals surface area contributed by atoms with Crippen LogP contribution in [0.4, 0.5) is 9.18 Å². The molecule has 7 nitrogen and oxygen atoms in total. The zero-order valence-corrected chi connectivity index (χ0v) is 13.3. The molecule has 1 aromatic rings. The molecule has 0 bridgehead atoms. The Labute approximate surface area is 139 Å². The van der Waals surface area contributed by atoms with Gasteiger partial charge in [0.2, 0.25) is 11.8 Å². The minimum Gasteiger partial charge on any atom is -0.354 e. The summed E-state index contributed by atoms with van der Waals surface area (Å²) in [5.74, 6) is -0.970. The van der Waals surface area contributed by atoms with Crippen molar-refractivity contribution < 1.29 is 18.8 Å². The fourth-order valence-corrected chi connectivity index (χ4v) is 2.75. The van der Waals surface area contributed by atoms with Gasteiger partial charge in [0.25, 0.3) is 0 Å². The summed E-state index contributed by atoms with van der Waals surface area (Å²) >= 11 is 0. The predicted molar refractivity (Wildman–Crippen MR) is 85.2 cm³/mol. The van der Waals surface area contributed by atoms with E-state index in [0.717, 1.165) is 24.9 Å². The Balaban J connectivity index is 1.81. The summed E-state index contributed by atoms with van der Waals surface area (Å²) < 4.78 is 12.9. The summed E-state index contributed by atoms with van der Waals surface area (Å²) in [6.07, 6.45) is 1.63. The van der Waals surface area contributed by atoms with Crippen LogP contribution in [0.1, 0.15) is 24.8 Å². The van der Waals surface area contributed by atoms with Gasteiger partial charge >= 0.3 is 6.03 Å². The molecule has 1 saturated heterocycles. The number of urea groups is 1. The highest BCUT2D eigenvalue weighted by Gasteiger charge is 2.30. The Morgan fingerprint density at radius 2 is 1.96 bits per heavy atom. The molecule has 0 unspecified atom stereocenters. The molecule has 1 atom stereocenters. The van der Waals surface area contributed by atoms with Crippen molar-refractivity contribution in [2.45, 2.75) is 31.8 Å². The maximum Gasteiger partial charge on any atom is 0.318 e. The molecule has 1 heterocycles. The van der Waals surface area contributed by atoms with Crippen LogP contribution in [0.5, 0.6) is 0 Å². The Morgan fingerprint density at radius 1 is 1.25 bits per heavy atom. The zero-order chi connectivity index (χ0) is 17.5. The minimum atomic E-state index is -0.910. The van der Waals surface area contributed by atoms with Crippen LogP contribution < -0.4 is 16.4 Å². The first kappa shape index (κ1) is 17.9. The van der Waals surface area contributed by atoms with E-state index >= 15 is 0 Å². The minimum absolute atomic E-state index is 0.0145. The van der Waals surface area contributed by atoms with E-state index in [2.05, 4.69) is 5.32 Å². The number of hydrogen-bond donors (Lipinski definition) is 3. The number of nitrogens with one attached hydrogen (secondary N) is 2. The largest absolute Gasteiger partial charge is 0.354 e. The topological polar surface area (TPSA) is 105 Å². The first-order chi connectivity index (χ1) is 11.5. The molecule has 0 radical (unpaired) electrons. The van der Waals surface area contributed by atoms with Crippen molar-refractivity contribution in [2.24, 2.45) is 5.73 Å². The third-order valence-corrected chi connectivity index (χ3v) is 3.88. The molecule has 2 rings (SSSR count). The van der Waals surface area contributed by atoms with E-state index in [4.69, 9.17) is 5.73 Å². The molecule has 1 aromatic carbocycles. The van der Waals surface area contributed by atoms with Gasteiger partial charge in [-0.05, 0) is 37.1 Å². The van der Waals surface area contributed by atoms with Gasteiger partial charge in [0.1, 0.15) is 5.82 Å². The molecule has 24 heavy (non-hydrogen) atoms. The van der Waals surface area contributed by atoms with Gasteiger partial charge in [-0.2, -0.15) is 0 Å². The van der Waals surface area contributed by atoms with E-state index in [0.29, 0.717) is 6.54 Å². The molecular weight excluding hydrogens is 315 g/mol. The Kier molecular flexibility index (Phi) is 6.25. The number of nitrogens with zero attached hydrogens (tertiary/aromatic N) is 1. The number of carbonyl (C=O) groups excluding carboxylic acids is 3. The molecule has 8 heteroatoms. The maximum absolute atomic E-state index is 12.9. The first-order valence-electron chi connectivity index (χ1n) is 7.81. The number of primary amides is 1. The van der Waals surface area contributed by atoms with Crippen LogP contribution in [0.3, 0.4) is 0 Å². The molecule has 1 aliphatic heterocycles. The van der Waals surface area contributed by atoms with Crippen molar-refractivity contribution in [1.82, 2.24) is 15.5 Å². The third-order valence-electron chi connectivity index (χ3n) is 3.88. The molecule has 4 N–H and O–H groups in total. The van der Waals surface area contributed by atoms with E-state index in [-0.39, 0.29) is 30.7 Å². The monoisotopic (exact) mass is 336 g/mol. The van der Waals surface area contributed by atoms with Crippen LogP contribution in [0.2, 0.25) is 0 Å². The van der Waals surface area contributed by atoms with Crippen LogP contribution in [0.15, 0.2) is 24.3 Å². The number of benzene rings is 1. The van der Waals surface area contributed by atoms with Crippen LogP contribution in [-0.2, 0) is 16.1 Å². The molecule has 4 amide bonds. The highest BCUT2D eigenvalue weighted by atomic mass is 19.1. The van der Waals surface area contributed by atoms with Gasteiger partial charge in [0.05, 0.1) is 6.04 Å². The van der Waals surface area contributed by atoms with Gasteiger partial charge in [-0.3, -0.25) is 19.8 Å². The summed E-state index contributed by atoms with van der Waals surface area (Å²) in [5, 5.41) is 4.64. The lowest BCUT2D eigenvalue weighted by Crippen LogP contribution is -2.44. The lowest BCUT2D eigenvalue weighted by molar-refractivity contribution is -0.125. The van der Waals surface area contributed by atoms with E-state index in [1.807, 2.05) is 10.2 Å². The Hall–Kier alpha value is -2.48. The van der Waals surface area contributed by atoms with Gasteiger partial charge in [-0.25, -0.2) is 9.18 Å². The number of hydrogen-bond acceptors (Lipinski definition) is 4. The van der Waals surface area contributed by atoms with Crippen LogP contribution in [-0.4, -0.2) is 41.9 Å². The Morgan fingerprint density at radius 3 is 2.62 bits per heavy atom. The molecule has 0 aromatic heterocycles. The zero-order valence-electron chi connectivity index (χ0n) is 13.3. The fourth-order valence-electron chi connectivity index (χ4n) is 2.75. The number of carbonyl (C=O) groups is 3. The Bertz CT molecular complexity index is 606. The van der Waals surface area contributed by atoms with Crippen molar-refractivity contribution in [3.8, 4) is 0 Å². The summed E-state index contributed by atoms with van der Waals surface area (Å²) in [4.78, 5) is 36.1. The maximum atomic E-state index is 12.9. The van der Waals surface area contributed by atoms with Gasteiger partial charge in [-0.1, -0.05) is 12.1 Å². The van der Waals surface area contributed by atoms with Crippen molar-refractivity contribution in [3.05, 3.63) is 35.6 Å². The average Bonchev–Trinajstić information content (AvgIpc) is 2.97. The van der Waals surface area contributed by atoms with Crippen molar-refractivity contribution >= 4 is 17.8 Å². The fraction of sp³-hybridized carbons (Fsp3) is 0.438. The second-order valence-corrected chi connectivity index (χ2v) is 5.71. The lowest BCUT2D eigenvalue weighted by atomic mass is 10.1. The molecule has 130 valence electrons. The highest BCUT2D eigenvalue weighted by Crippen LogP contribution is 2.20. The second-order valence-electron chi connectivity index (χ2n) is 5.71. The standard InChI is InChI=1S/C16H21FN4O3/c17-12-5-3-11(4-6-12)10-21-9-1-2-13(21)15(23)19-8-7-14(22)20-16(18)24/h3-6,13H,1-2,7-10H2,(H,19,23)(H3,18,20,22,24)/t13-/m0/s1. The number of rotatable bonds is 6. The molecule has 0 spiro atoms.